The lowest BCUT2D eigenvalue weighted by Crippen LogP contribution is -2.31. The van der Waals surface area contributed by atoms with Crippen LogP contribution in [0.25, 0.3) is 0 Å². The van der Waals surface area contributed by atoms with Gasteiger partial charge in [0.1, 0.15) is 6.54 Å². The topological polar surface area (TPSA) is 45.5 Å². The first-order valence-corrected chi connectivity index (χ1v) is 6.72. The van der Waals surface area contributed by atoms with Crippen LogP contribution in [0.4, 0.5) is 0 Å². The van der Waals surface area contributed by atoms with Crippen LogP contribution in [-0.2, 0) is 24.4 Å². The average Bonchev–Trinajstić information content (AvgIpc) is 2.93. The normalized spacial score (nSPS) is 10.5. The molecule has 2 rings (SSSR count). The predicted octanol–water partition coefficient (Wildman–Crippen LogP) is 1.68. The van der Waals surface area contributed by atoms with Crippen molar-refractivity contribution in [2.24, 2.45) is 0 Å². The molecular weight excluding hydrogens is 252 g/mol. The zero-order valence-electron chi connectivity index (χ0n) is 11.7. The summed E-state index contributed by atoms with van der Waals surface area (Å²) in [6.45, 7) is 1.02. The summed E-state index contributed by atoms with van der Waals surface area (Å²) in [6.07, 6.45) is 4.47. The minimum atomic E-state index is 0.00500. The van der Waals surface area contributed by atoms with E-state index in [0.29, 0.717) is 13.1 Å². The minimum Gasteiger partial charge on any atom is -0.392 e. The van der Waals surface area contributed by atoms with Crippen molar-refractivity contribution in [2.75, 3.05) is 13.6 Å². The molecule has 0 bridgehead atoms. The summed E-state index contributed by atoms with van der Waals surface area (Å²) in [7, 11) is 1.82. The molecule has 0 fully saturated rings. The van der Waals surface area contributed by atoms with Gasteiger partial charge in [-0.05, 0) is 23.6 Å². The minimum absolute atomic E-state index is 0.00500. The fraction of sp³-hybridized carbons (Fsp3) is 0.312. The SMILES string of the molecule is CN(CCc1ccccc1)C(=O)Cn1ccc(CO)c1. The Morgan fingerprint density at radius 1 is 1.20 bits per heavy atom. The highest BCUT2D eigenvalue weighted by Gasteiger charge is 2.09. The first kappa shape index (κ1) is 14.3. The third kappa shape index (κ3) is 3.96. The van der Waals surface area contributed by atoms with Gasteiger partial charge in [0.15, 0.2) is 0 Å². The Morgan fingerprint density at radius 3 is 2.60 bits per heavy atom. The van der Waals surface area contributed by atoms with Crippen molar-refractivity contribution < 1.29 is 9.90 Å². The van der Waals surface area contributed by atoms with Crippen molar-refractivity contribution in [3.8, 4) is 0 Å². The summed E-state index contributed by atoms with van der Waals surface area (Å²) >= 11 is 0. The van der Waals surface area contributed by atoms with E-state index in [1.165, 1.54) is 5.56 Å². The summed E-state index contributed by atoms with van der Waals surface area (Å²) in [5, 5.41) is 9.00. The number of hydrogen-bond donors (Lipinski definition) is 1. The Balaban J connectivity index is 1.82. The highest BCUT2D eigenvalue weighted by Crippen LogP contribution is 2.03. The smallest absolute Gasteiger partial charge is 0.242 e. The lowest BCUT2D eigenvalue weighted by molar-refractivity contribution is -0.130. The van der Waals surface area contributed by atoms with Gasteiger partial charge in [0.2, 0.25) is 5.91 Å². The van der Waals surface area contributed by atoms with Gasteiger partial charge in [0, 0.05) is 26.0 Å². The molecule has 4 heteroatoms. The van der Waals surface area contributed by atoms with E-state index in [1.807, 2.05) is 37.5 Å². The van der Waals surface area contributed by atoms with Crippen LogP contribution >= 0.6 is 0 Å². The number of carbonyl (C=O) groups excluding carboxylic acids is 1. The molecular formula is C16H20N2O2. The van der Waals surface area contributed by atoms with Crippen molar-refractivity contribution in [3.05, 3.63) is 59.9 Å². The number of aliphatic hydroxyl groups excluding tert-OH is 1. The zero-order chi connectivity index (χ0) is 14.4. The molecule has 0 aliphatic rings. The van der Waals surface area contributed by atoms with Crippen LogP contribution in [-0.4, -0.2) is 34.1 Å². The van der Waals surface area contributed by atoms with Gasteiger partial charge in [-0.1, -0.05) is 30.3 Å². The van der Waals surface area contributed by atoms with Crippen LogP contribution in [0.5, 0.6) is 0 Å². The first-order valence-electron chi connectivity index (χ1n) is 6.72. The van der Waals surface area contributed by atoms with Crippen LogP contribution in [0.2, 0.25) is 0 Å². The standard InChI is InChI=1S/C16H20N2O2/c1-17(9-7-14-5-3-2-4-6-14)16(20)12-18-10-8-15(11-18)13-19/h2-6,8,10-11,19H,7,9,12-13H2,1H3. The number of rotatable bonds is 6. The Hall–Kier alpha value is -2.07. The lowest BCUT2D eigenvalue weighted by atomic mass is 10.1. The van der Waals surface area contributed by atoms with Gasteiger partial charge in [-0.3, -0.25) is 4.79 Å². The number of benzene rings is 1. The Kier molecular flexibility index (Phi) is 4.96. The summed E-state index contributed by atoms with van der Waals surface area (Å²) in [4.78, 5) is 13.8. The molecule has 106 valence electrons. The molecule has 1 aromatic carbocycles. The molecule has 2 aromatic rings. The van der Waals surface area contributed by atoms with E-state index in [2.05, 4.69) is 12.1 Å². The highest BCUT2D eigenvalue weighted by molar-refractivity contribution is 5.75. The third-order valence-corrected chi connectivity index (χ3v) is 3.32. The van der Waals surface area contributed by atoms with Crippen molar-refractivity contribution in [1.29, 1.82) is 0 Å². The summed E-state index contributed by atoms with van der Waals surface area (Å²) in [5.74, 6) is 0.0704. The number of nitrogens with zero attached hydrogens (tertiary/aromatic N) is 2. The molecule has 0 radical (unpaired) electrons. The molecule has 0 aliphatic carbocycles. The molecule has 1 amide bonds. The van der Waals surface area contributed by atoms with E-state index >= 15 is 0 Å². The summed E-state index contributed by atoms with van der Waals surface area (Å²) in [5.41, 5.74) is 2.06. The molecule has 0 unspecified atom stereocenters. The molecule has 1 aromatic heterocycles. The van der Waals surface area contributed by atoms with Gasteiger partial charge in [-0.15, -0.1) is 0 Å². The van der Waals surface area contributed by atoms with Crippen molar-refractivity contribution in [2.45, 2.75) is 19.6 Å². The van der Waals surface area contributed by atoms with Crippen molar-refractivity contribution >= 4 is 5.91 Å². The quantitative estimate of drug-likeness (QED) is 0.869. The second kappa shape index (κ2) is 6.91. The largest absolute Gasteiger partial charge is 0.392 e. The average molecular weight is 272 g/mol. The van der Waals surface area contributed by atoms with Crippen LogP contribution in [0, 0.1) is 0 Å². The van der Waals surface area contributed by atoms with Crippen LogP contribution in [0.1, 0.15) is 11.1 Å². The van der Waals surface area contributed by atoms with Gasteiger partial charge >= 0.3 is 0 Å². The molecule has 1 heterocycles. The Labute approximate surface area is 119 Å². The van der Waals surface area contributed by atoms with Gasteiger partial charge in [-0.25, -0.2) is 0 Å². The van der Waals surface area contributed by atoms with E-state index in [-0.39, 0.29) is 12.5 Å². The first-order chi connectivity index (χ1) is 9.69. The van der Waals surface area contributed by atoms with E-state index in [4.69, 9.17) is 5.11 Å². The molecule has 0 aliphatic heterocycles. The maximum atomic E-state index is 12.1. The molecule has 4 nitrogen and oxygen atoms in total. The van der Waals surface area contributed by atoms with Gasteiger partial charge < -0.3 is 14.6 Å². The van der Waals surface area contributed by atoms with Crippen LogP contribution < -0.4 is 0 Å². The van der Waals surface area contributed by atoms with E-state index < -0.39 is 0 Å². The molecule has 0 saturated heterocycles. The summed E-state index contributed by atoms with van der Waals surface area (Å²) < 4.78 is 1.80. The number of amides is 1. The second-order valence-corrected chi connectivity index (χ2v) is 4.90. The molecule has 0 spiro atoms. The van der Waals surface area contributed by atoms with Crippen LogP contribution in [0.3, 0.4) is 0 Å². The zero-order valence-corrected chi connectivity index (χ0v) is 11.7. The third-order valence-electron chi connectivity index (χ3n) is 3.32. The highest BCUT2D eigenvalue weighted by atomic mass is 16.3. The fourth-order valence-electron chi connectivity index (χ4n) is 2.03. The van der Waals surface area contributed by atoms with E-state index in [1.54, 1.807) is 15.7 Å². The van der Waals surface area contributed by atoms with Crippen LogP contribution in [0.15, 0.2) is 48.8 Å². The fourth-order valence-corrected chi connectivity index (χ4v) is 2.03. The van der Waals surface area contributed by atoms with Gasteiger partial charge in [-0.2, -0.15) is 0 Å². The van der Waals surface area contributed by atoms with Gasteiger partial charge in [0.05, 0.1) is 6.61 Å². The lowest BCUT2D eigenvalue weighted by Gasteiger charge is -2.17. The maximum absolute atomic E-state index is 12.1. The predicted molar refractivity (Wildman–Crippen MR) is 78.1 cm³/mol. The summed E-state index contributed by atoms with van der Waals surface area (Å²) in [6, 6.07) is 12.0. The molecule has 0 saturated carbocycles. The molecule has 20 heavy (non-hydrogen) atoms. The molecule has 0 atom stereocenters. The van der Waals surface area contributed by atoms with E-state index in [0.717, 1.165) is 12.0 Å². The number of hydrogen-bond acceptors (Lipinski definition) is 2. The number of aromatic nitrogens is 1. The van der Waals surface area contributed by atoms with Gasteiger partial charge in [0.25, 0.3) is 0 Å². The number of likely N-dealkylation sites (N-methyl/N-ethyl adjacent to an activating group) is 1. The number of carbonyl (C=O) groups is 1. The monoisotopic (exact) mass is 272 g/mol. The number of aliphatic hydroxyl groups is 1. The van der Waals surface area contributed by atoms with Crippen molar-refractivity contribution in [1.82, 2.24) is 9.47 Å². The second-order valence-electron chi connectivity index (χ2n) is 4.90. The van der Waals surface area contributed by atoms with Crippen molar-refractivity contribution in [3.63, 3.8) is 0 Å². The Morgan fingerprint density at radius 2 is 1.95 bits per heavy atom. The van der Waals surface area contributed by atoms with E-state index in [9.17, 15) is 4.79 Å². The maximum Gasteiger partial charge on any atom is 0.242 e. The molecule has 1 N–H and O–H groups in total. The Bertz CT molecular complexity index is 549.